The van der Waals surface area contributed by atoms with Crippen molar-refractivity contribution < 1.29 is 22.8 Å². The van der Waals surface area contributed by atoms with Gasteiger partial charge in [0.15, 0.2) is 11.6 Å². The fourth-order valence-corrected chi connectivity index (χ4v) is 10.6. The second-order valence-electron chi connectivity index (χ2n) is 18.5. The molecule has 1 saturated carbocycles. The van der Waals surface area contributed by atoms with Crippen molar-refractivity contribution in [1.82, 2.24) is 54.2 Å². The minimum absolute atomic E-state index is 0.0236. The number of hydrogen-bond donors (Lipinski definition) is 1. The molecule has 17 heteroatoms. The predicted molar refractivity (Wildman–Crippen MR) is 233 cm³/mol. The van der Waals surface area contributed by atoms with E-state index < -0.39 is 23.2 Å². The molecule has 1 aliphatic carbocycles. The lowest BCUT2D eigenvalue weighted by atomic mass is 9.83. The van der Waals surface area contributed by atoms with Crippen molar-refractivity contribution in [2.75, 3.05) is 13.2 Å². The average Bonchev–Trinajstić information content (AvgIpc) is 3.94. The molecular formula is C47H47F2N11O4. The summed E-state index contributed by atoms with van der Waals surface area (Å²) in [6.45, 7) is 12.7. The van der Waals surface area contributed by atoms with Gasteiger partial charge in [0, 0.05) is 43.1 Å². The molecule has 4 atom stereocenters. The highest BCUT2D eigenvalue weighted by atomic mass is 19.1. The minimum Gasteiger partial charge on any atom is -0.376 e. The third-order valence-electron chi connectivity index (χ3n) is 14.0. The third-order valence-corrected chi connectivity index (χ3v) is 14.0. The Balaban J connectivity index is 1.04. The lowest BCUT2D eigenvalue weighted by Crippen LogP contribution is -2.41. The molecule has 7 heterocycles. The van der Waals surface area contributed by atoms with Crippen LogP contribution < -0.4 is 5.76 Å². The molecule has 15 nitrogen and oxygen atoms in total. The van der Waals surface area contributed by atoms with Crippen molar-refractivity contribution in [2.45, 2.75) is 90.3 Å². The number of carbonyl (C=O) groups excluding carboxylic acids is 1. The van der Waals surface area contributed by atoms with Crippen LogP contribution in [0.25, 0.3) is 44.6 Å². The Morgan fingerprint density at radius 3 is 2.47 bits per heavy atom. The molecule has 5 aromatic heterocycles. The number of H-pyrrole nitrogens is 1. The number of hydrogen-bond acceptors (Lipinski definition) is 9. The number of aromatic nitrogens is 10. The Bertz CT molecular complexity index is 3250. The summed E-state index contributed by atoms with van der Waals surface area (Å²) in [6, 6.07) is 14.7. The van der Waals surface area contributed by atoms with E-state index in [0.717, 1.165) is 35.0 Å². The Labute approximate surface area is 365 Å². The molecule has 1 saturated heterocycles. The molecule has 1 N–H and O–H groups in total. The number of aryl methyl sites for hydroxylation is 3. The third kappa shape index (κ3) is 6.03. The van der Waals surface area contributed by atoms with Crippen molar-refractivity contribution in [3.63, 3.8) is 0 Å². The molecule has 0 bridgehead atoms. The Hall–Kier alpha value is -6.75. The summed E-state index contributed by atoms with van der Waals surface area (Å²) >= 11 is 0. The second-order valence-corrected chi connectivity index (χ2v) is 18.5. The van der Waals surface area contributed by atoms with Crippen molar-refractivity contribution in [3.05, 3.63) is 123 Å². The summed E-state index contributed by atoms with van der Waals surface area (Å²) in [7, 11) is 1.75. The van der Waals surface area contributed by atoms with Crippen LogP contribution in [0.2, 0.25) is 0 Å². The highest BCUT2D eigenvalue weighted by Crippen LogP contribution is 2.56. The van der Waals surface area contributed by atoms with Gasteiger partial charge in [-0.2, -0.15) is 10.2 Å². The van der Waals surface area contributed by atoms with Crippen LogP contribution in [0.4, 0.5) is 8.78 Å². The normalized spacial score (nSPS) is 21.8. The second kappa shape index (κ2) is 14.1. The summed E-state index contributed by atoms with van der Waals surface area (Å²) in [6.07, 6.45) is 5.93. The number of aromatic amines is 1. The first-order valence-electron chi connectivity index (χ1n) is 21.7. The maximum atomic E-state index is 16.0. The van der Waals surface area contributed by atoms with Crippen molar-refractivity contribution in [1.29, 1.82) is 0 Å². The fourth-order valence-electron chi connectivity index (χ4n) is 10.6. The van der Waals surface area contributed by atoms with Gasteiger partial charge in [0.05, 0.1) is 46.3 Å². The zero-order valence-electron chi connectivity index (χ0n) is 36.6. The van der Waals surface area contributed by atoms with Crippen LogP contribution in [-0.2, 0) is 23.7 Å². The maximum Gasteiger partial charge on any atom is 0.438 e. The standard InChI is InChI=1S/C47H47F2N11O4/c1-24-16-31(17-25(2)40(24)48)60-42(34-23-58(55-52-34)37-11-10-36-32(41(37)49)22-50-56(36)7)39-27(4)57(14-12-33(39)53-60)43(61)38-19-30-18-28(29-13-15-63-46(5,6)21-29)8-9-35(30)59(38)47(20-26(47)3)44-51-45(62)64-54-44/h8-11,16-19,22-23,26-27,29H,12-15,20-21H2,1-7H3,(H,51,54,62)/t26-,27-,29-,47-/m0/s1. The number of amides is 1. The predicted octanol–water partition coefficient (Wildman–Crippen LogP) is 7.75. The zero-order chi connectivity index (χ0) is 44.6. The number of nitrogens with zero attached hydrogens (tertiary/aromatic N) is 10. The Kier molecular flexibility index (Phi) is 8.84. The number of nitrogens with one attached hydrogen (secondary N) is 1. The van der Waals surface area contributed by atoms with Crippen LogP contribution in [0.1, 0.15) is 103 Å². The first kappa shape index (κ1) is 40.1. The average molecular weight is 868 g/mol. The first-order chi connectivity index (χ1) is 30.6. The number of benzene rings is 3. The van der Waals surface area contributed by atoms with Gasteiger partial charge in [0.2, 0.25) is 0 Å². The smallest absolute Gasteiger partial charge is 0.376 e. The first-order valence-corrected chi connectivity index (χ1v) is 21.7. The van der Waals surface area contributed by atoms with Crippen LogP contribution in [0, 0.1) is 31.4 Å². The van der Waals surface area contributed by atoms with E-state index in [1.165, 1.54) is 16.4 Å². The van der Waals surface area contributed by atoms with Crippen LogP contribution in [-0.4, -0.2) is 78.8 Å². The van der Waals surface area contributed by atoms with Gasteiger partial charge in [-0.05, 0) is 125 Å². The van der Waals surface area contributed by atoms with E-state index in [0.29, 0.717) is 76.6 Å². The monoisotopic (exact) mass is 867 g/mol. The largest absolute Gasteiger partial charge is 0.438 e. The van der Waals surface area contributed by atoms with Gasteiger partial charge in [-0.15, -0.1) is 5.10 Å². The van der Waals surface area contributed by atoms with Gasteiger partial charge < -0.3 is 14.2 Å². The van der Waals surface area contributed by atoms with Gasteiger partial charge in [0.1, 0.15) is 34.1 Å². The highest BCUT2D eigenvalue weighted by Gasteiger charge is 2.59. The molecule has 328 valence electrons. The summed E-state index contributed by atoms with van der Waals surface area (Å²) in [4.78, 5) is 32.6. The SMILES string of the molecule is Cc1cc(-n2nc3c(c2-c2cn(-c4ccc5c(cnn5C)c4F)nn2)[C@H](C)N(C(=O)c2cc4cc([C@H]5CCOC(C)(C)C5)ccc4n2[C@@]2(c4noc(=O)[nH]4)C[C@@H]2C)CC3)cc(C)c1F. The van der Waals surface area contributed by atoms with Gasteiger partial charge in [-0.25, -0.2) is 22.9 Å². The molecule has 0 spiro atoms. The van der Waals surface area contributed by atoms with Crippen molar-refractivity contribution in [2.24, 2.45) is 13.0 Å². The number of rotatable bonds is 7. The fraction of sp³-hybridized carbons (Fsp3) is 0.383. The molecular weight excluding hydrogens is 821 g/mol. The van der Waals surface area contributed by atoms with Crippen molar-refractivity contribution >= 4 is 27.7 Å². The number of carbonyl (C=O) groups is 1. The van der Waals surface area contributed by atoms with E-state index in [1.807, 2.05) is 17.9 Å². The molecule has 3 aliphatic rings. The molecule has 64 heavy (non-hydrogen) atoms. The topological polar surface area (TPSA) is 160 Å². The van der Waals surface area contributed by atoms with Gasteiger partial charge >= 0.3 is 5.76 Å². The summed E-state index contributed by atoms with van der Waals surface area (Å²) < 4.78 is 49.0. The van der Waals surface area contributed by atoms with Gasteiger partial charge in [-0.3, -0.25) is 19.0 Å². The Morgan fingerprint density at radius 1 is 0.984 bits per heavy atom. The van der Waals surface area contributed by atoms with Gasteiger partial charge in [0.25, 0.3) is 5.91 Å². The van der Waals surface area contributed by atoms with E-state index in [2.05, 4.69) is 69.1 Å². The maximum absolute atomic E-state index is 16.0. The summed E-state index contributed by atoms with van der Waals surface area (Å²) in [5.41, 5.74) is 6.17. The van der Waals surface area contributed by atoms with Gasteiger partial charge in [-0.1, -0.05) is 23.4 Å². The molecule has 2 fully saturated rings. The molecule has 0 unspecified atom stereocenters. The molecule has 2 aliphatic heterocycles. The molecule has 8 aromatic rings. The van der Waals surface area contributed by atoms with E-state index in [4.69, 9.17) is 14.4 Å². The van der Waals surface area contributed by atoms with Crippen LogP contribution in [0.15, 0.2) is 70.2 Å². The van der Waals surface area contributed by atoms with Crippen LogP contribution >= 0.6 is 0 Å². The van der Waals surface area contributed by atoms with E-state index >= 15 is 13.6 Å². The Morgan fingerprint density at radius 2 is 1.75 bits per heavy atom. The number of fused-ring (bicyclic) bond motifs is 3. The van der Waals surface area contributed by atoms with Crippen molar-refractivity contribution in [3.8, 4) is 22.8 Å². The lowest BCUT2D eigenvalue weighted by Gasteiger charge is -2.35. The number of halogens is 2. The summed E-state index contributed by atoms with van der Waals surface area (Å²) in [5, 5.41) is 23.8. The molecule has 1 amide bonds. The molecule has 3 aromatic carbocycles. The highest BCUT2D eigenvalue weighted by molar-refractivity contribution is 6.00. The minimum atomic E-state index is -0.827. The quantitative estimate of drug-likeness (QED) is 0.169. The lowest BCUT2D eigenvalue weighted by molar-refractivity contribution is -0.0592. The van der Waals surface area contributed by atoms with E-state index in [-0.39, 0.29) is 34.8 Å². The summed E-state index contributed by atoms with van der Waals surface area (Å²) in [5.74, 6) is -0.997. The van der Waals surface area contributed by atoms with E-state index in [1.54, 1.807) is 60.7 Å². The van der Waals surface area contributed by atoms with E-state index in [9.17, 15) is 4.79 Å². The van der Waals surface area contributed by atoms with Crippen LogP contribution in [0.5, 0.6) is 0 Å². The van der Waals surface area contributed by atoms with Crippen LogP contribution in [0.3, 0.4) is 0 Å². The number of ether oxygens (including phenoxy) is 1. The molecule has 11 rings (SSSR count). The molecule has 0 radical (unpaired) electrons. The zero-order valence-corrected chi connectivity index (χ0v) is 36.6.